The highest BCUT2D eigenvalue weighted by Crippen LogP contribution is 2.29. The molecule has 1 aromatic rings. The lowest BCUT2D eigenvalue weighted by atomic mass is 9.98. The molecule has 0 saturated heterocycles. The number of nitrogens with one attached hydrogen (secondary N) is 2. The lowest BCUT2D eigenvalue weighted by Gasteiger charge is -2.20. The Bertz CT molecular complexity index is 749. The number of hydrogen-bond donors (Lipinski definition) is 4. The van der Waals surface area contributed by atoms with Crippen LogP contribution in [-0.4, -0.2) is 28.5 Å². The Hall–Kier alpha value is -2.87. The van der Waals surface area contributed by atoms with Crippen LogP contribution in [0, 0.1) is 5.41 Å². The molecule has 8 heteroatoms. The molecule has 0 saturated carbocycles. The van der Waals surface area contributed by atoms with E-state index in [0.29, 0.717) is 16.8 Å². The molecule has 0 amide bonds. The van der Waals surface area contributed by atoms with Crippen LogP contribution in [0.1, 0.15) is 54.8 Å². The average Bonchev–Trinajstić information content (AvgIpc) is 2.92. The molecule has 0 aromatic heterocycles. The fourth-order valence-electron chi connectivity index (χ4n) is 2.30. The van der Waals surface area contributed by atoms with Crippen LogP contribution in [0.15, 0.2) is 30.0 Å². The summed E-state index contributed by atoms with van der Waals surface area (Å²) in [5, 5.41) is 16.6. The summed E-state index contributed by atoms with van der Waals surface area (Å²) < 4.78 is 5.31. The standard InChI is InChI=1S/C17H21N3O5/c1-17(2,3)24-16(23)9-4-5-11(12(6-9)15(18)19)13-7-10(20-25-13)8-14(21)22/h4-7,13,20H,8H2,1-3H3,(H3,18,19)(H,21,22). The summed E-state index contributed by atoms with van der Waals surface area (Å²) in [7, 11) is 0. The van der Waals surface area contributed by atoms with Crippen LogP contribution in [0.5, 0.6) is 0 Å². The van der Waals surface area contributed by atoms with E-state index in [-0.39, 0.29) is 17.8 Å². The van der Waals surface area contributed by atoms with E-state index in [4.69, 9.17) is 25.8 Å². The summed E-state index contributed by atoms with van der Waals surface area (Å²) >= 11 is 0. The molecule has 0 radical (unpaired) electrons. The minimum atomic E-state index is -0.991. The maximum Gasteiger partial charge on any atom is 0.338 e. The quantitative estimate of drug-likeness (QED) is 0.363. The van der Waals surface area contributed by atoms with Crippen LogP contribution in [-0.2, 0) is 14.4 Å². The topological polar surface area (TPSA) is 135 Å². The number of hydroxylamine groups is 1. The number of carbonyl (C=O) groups is 2. The molecular formula is C17H21N3O5. The van der Waals surface area contributed by atoms with Gasteiger partial charge in [0.05, 0.1) is 12.0 Å². The summed E-state index contributed by atoms with van der Waals surface area (Å²) in [5.74, 6) is -1.74. The van der Waals surface area contributed by atoms with Crippen molar-refractivity contribution >= 4 is 17.8 Å². The van der Waals surface area contributed by atoms with Gasteiger partial charge >= 0.3 is 11.9 Å². The first-order valence-electron chi connectivity index (χ1n) is 7.62. The van der Waals surface area contributed by atoms with Crippen LogP contribution < -0.4 is 11.2 Å². The van der Waals surface area contributed by atoms with Gasteiger partial charge in [-0.3, -0.25) is 20.5 Å². The van der Waals surface area contributed by atoms with Crippen molar-refractivity contribution in [2.45, 2.75) is 38.9 Å². The molecule has 1 aliphatic rings. The third-order valence-electron chi connectivity index (χ3n) is 3.30. The van der Waals surface area contributed by atoms with Crippen LogP contribution >= 0.6 is 0 Å². The van der Waals surface area contributed by atoms with Gasteiger partial charge in [0.25, 0.3) is 0 Å². The predicted octanol–water partition coefficient (Wildman–Crippen LogP) is 1.86. The minimum absolute atomic E-state index is 0.206. The van der Waals surface area contributed by atoms with Gasteiger partial charge in [0, 0.05) is 11.3 Å². The maximum atomic E-state index is 12.2. The lowest BCUT2D eigenvalue weighted by Crippen LogP contribution is -2.24. The van der Waals surface area contributed by atoms with Crippen LogP contribution in [0.4, 0.5) is 0 Å². The highest BCUT2D eigenvalue weighted by molar-refractivity contribution is 6.00. The number of esters is 1. The molecule has 2 rings (SSSR count). The Morgan fingerprint density at radius 3 is 2.64 bits per heavy atom. The Kier molecular flexibility index (Phi) is 5.13. The number of ether oxygens (including phenoxy) is 1. The number of benzene rings is 1. The summed E-state index contributed by atoms with van der Waals surface area (Å²) in [6.45, 7) is 5.29. The summed E-state index contributed by atoms with van der Waals surface area (Å²) in [6.07, 6.45) is 0.784. The smallest absolute Gasteiger partial charge is 0.338 e. The Balaban J connectivity index is 2.32. The van der Waals surface area contributed by atoms with E-state index >= 15 is 0 Å². The number of rotatable bonds is 5. The number of carboxylic acids is 1. The Morgan fingerprint density at radius 1 is 1.40 bits per heavy atom. The first kappa shape index (κ1) is 18.5. The summed E-state index contributed by atoms with van der Waals surface area (Å²) in [4.78, 5) is 28.3. The second-order valence-electron chi connectivity index (χ2n) is 6.62. The molecule has 0 fully saturated rings. The van der Waals surface area contributed by atoms with E-state index in [1.54, 1.807) is 39.0 Å². The average molecular weight is 347 g/mol. The Labute approximate surface area is 145 Å². The molecule has 0 aliphatic carbocycles. The zero-order chi connectivity index (χ0) is 18.8. The van der Waals surface area contributed by atoms with Crippen molar-refractivity contribution < 1.29 is 24.3 Å². The van der Waals surface area contributed by atoms with Gasteiger partial charge in [0.1, 0.15) is 17.5 Å². The monoisotopic (exact) mass is 347 g/mol. The van der Waals surface area contributed by atoms with Crippen molar-refractivity contribution in [1.29, 1.82) is 5.41 Å². The van der Waals surface area contributed by atoms with Gasteiger partial charge < -0.3 is 15.6 Å². The van der Waals surface area contributed by atoms with E-state index in [0.717, 1.165) is 0 Å². The first-order valence-corrected chi connectivity index (χ1v) is 7.62. The van der Waals surface area contributed by atoms with Gasteiger partial charge in [0.15, 0.2) is 0 Å². The highest BCUT2D eigenvalue weighted by Gasteiger charge is 2.25. The second-order valence-corrected chi connectivity index (χ2v) is 6.62. The highest BCUT2D eigenvalue weighted by atomic mass is 16.7. The van der Waals surface area contributed by atoms with E-state index in [1.165, 1.54) is 6.07 Å². The summed E-state index contributed by atoms with van der Waals surface area (Å²) in [5.41, 5.74) is 9.09. The normalized spacial score (nSPS) is 16.8. The molecule has 25 heavy (non-hydrogen) atoms. The van der Waals surface area contributed by atoms with Crippen LogP contribution in [0.2, 0.25) is 0 Å². The van der Waals surface area contributed by atoms with E-state index in [2.05, 4.69) is 5.48 Å². The molecule has 134 valence electrons. The van der Waals surface area contributed by atoms with Crippen LogP contribution in [0.3, 0.4) is 0 Å². The summed E-state index contributed by atoms with van der Waals surface area (Å²) in [6, 6.07) is 4.64. The number of nitrogen functional groups attached to an aromatic ring is 1. The fourth-order valence-corrected chi connectivity index (χ4v) is 2.30. The van der Waals surface area contributed by atoms with E-state index in [1.807, 2.05) is 0 Å². The van der Waals surface area contributed by atoms with Crippen molar-refractivity contribution in [2.24, 2.45) is 5.73 Å². The third kappa shape index (κ3) is 4.80. The van der Waals surface area contributed by atoms with Crippen molar-refractivity contribution in [3.05, 3.63) is 46.7 Å². The fraction of sp³-hybridized carbons (Fsp3) is 0.353. The second kappa shape index (κ2) is 6.94. The number of hydrogen-bond acceptors (Lipinski definition) is 6. The molecule has 1 aromatic carbocycles. The van der Waals surface area contributed by atoms with Gasteiger partial charge in [-0.1, -0.05) is 6.07 Å². The van der Waals surface area contributed by atoms with Gasteiger partial charge in [-0.15, -0.1) is 0 Å². The van der Waals surface area contributed by atoms with Crippen molar-refractivity contribution in [1.82, 2.24) is 5.48 Å². The van der Waals surface area contributed by atoms with Gasteiger partial charge in [-0.05, 0) is 44.5 Å². The maximum absolute atomic E-state index is 12.2. The first-order chi connectivity index (χ1) is 11.6. The van der Waals surface area contributed by atoms with E-state index in [9.17, 15) is 9.59 Å². The number of nitrogens with two attached hydrogens (primary N) is 1. The minimum Gasteiger partial charge on any atom is -0.481 e. The Morgan fingerprint density at radius 2 is 2.08 bits per heavy atom. The lowest BCUT2D eigenvalue weighted by molar-refractivity contribution is -0.136. The van der Waals surface area contributed by atoms with Crippen molar-refractivity contribution in [3.63, 3.8) is 0 Å². The molecule has 5 N–H and O–H groups in total. The molecule has 0 bridgehead atoms. The molecule has 0 spiro atoms. The molecule has 8 nitrogen and oxygen atoms in total. The number of carbonyl (C=O) groups excluding carboxylic acids is 1. The predicted molar refractivity (Wildman–Crippen MR) is 89.9 cm³/mol. The van der Waals surface area contributed by atoms with Gasteiger partial charge in [-0.25, -0.2) is 4.79 Å². The van der Waals surface area contributed by atoms with Gasteiger partial charge in [0.2, 0.25) is 0 Å². The number of carboxylic acid groups (broad SMARTS) is 1. The molecule has 1 atom stereocenters. The van der Waals surface area contributed by atoms with E-state index < -0.39 is 23.6 Å². The third-order valence-corrected chi connectivity index (χ3v) is 3.30. The molecule has 1 unspecified atom stereocenters. The number of aliphatic carboxylic acids is 1. The van der Waals surface area contributed by atoms with Gasteiger partial charge in [-0.2, -0.15) is 0 Å². The number of amidine groups is 1. The largest absolute Gasteiger partial charge is 0.481 e. The molecular weight excluding hydrogens is 326 g/mol. The zero-order valence-electron chi connectivity index (χ0n) is 14.3. The molecule has 1 heterocycles. The van der Waals surface area contributed by atoms with Crippen molar-refractivity contribution in [3.8, 4) is 0 Å². The SMILES string of the molecule is CC(C)(C)OC(=O)c1ccc(C2C=C(CC(=O)O)NO2)c(C(=N)N)c1. The molecule has 1 aliphatic heterocycles. The zero-order valence-corrected chi connectivity index (χ0v) is 14.3. The van der Waals surface area contributed by atoms with Crippen LogP contribution in [0.25, 0.3) is 0 Å². The van der Waals surface area contributed by atoms with Crippen molar-refractivity contribution in [2.75, 3.05) is 0 Å².